The van der Waals surface area contributed by atoms with Gasteiger partial charge in [0.05, 0.1) is 26.9 Å². The van der Waals surface area contributed by atoms with Gasteiger partial charge in [-0.1, -0.05) is 0 Å². The van der Waals surface area contributed by atoms with Crippen molar-refractivity contribution in [1.29, 1.82) is 0 Å². The third kappa shape index (κ3) is 3.96. The minimum Gasteiger partial charge on any atom is -0.438 e. The van der Waals surface area contributed by atoms with Crippen molar-refractivity contribution in [3.63, 3.8) is 0 Å². The first-order valence-corrected chi connectivity index (χ1v) is 5.09. The van der Waals surface area contributed by atoms with E-state index in [1.165, 1.54) is 7.11 Å². The van der Waals surface area contributed by atoms with Crippen molar-refractivity contribution in [2.75, 3.05) is 34.0 Å². The lowest BCUT2D eigenvalue weighted by Gasteiger charge is -2.36. The second-order valence-electron chi connectivity index (χ2n) is 3.84. The van der Waals surface area contributed by atoms with E-state index in [2.05, 4.69) is 4.74 Å². The normalized spacial score (nSPS) is 29.8. The lowest BCUT2D eigenvalue weighted by molar-refractivity contribution is -0.253. The second-order valence-corrected chi connectivity index (χ2v) is 3.84. The molecule has 0 aromatic carbocycles. The molecule has 0 radical (unpaired) electrons. The molecule has 1 aliphatic heterocycles. The van der Waals surface area contributed by atoms with Crippen LogP contribution in [0, 0.1) is 0 Å². The Kier molecular flexibility index (Phi) is 4.98. The molecule has 1 heterocycles. The van der Waals surface area contributed by atoms with Crippen LogP contribution in [0.1, 0.15) is 13.3 Å². The molecule has 0 atom stereocenters. The molecule has 0 spiro atoms. The Balaban J connectivity index is 2.32. The predicted octanol–water partition coefficient (Wildman–Crippen LogP) is 0.937. The van der Waals surface area contributed by atoms with Crippen LogP contribution in [-0.4, -0.2) is 52.1 Å². The van der Waals surface area contributed by atoms with E-state index in [0.29, 0.717) is 13.0 Å². The van der Waals surface area contributed by atoms with E-state index in [1.54, 1.807) is 14.0 Å². The maximum absolute atomic E-state index is 11.0. The fraction of sp³-hybridized carbons (Fsp3) is 0.900. The maximum Gasteiger partial charge on any atom is 0.508 e. The Morgan fingerprint density at radius 1 is 1.38 bits per heavy atom. The summed E-state index contributed by atoms with van der Waals surface area (Å²) in [6, 6.07) is 0. The quantitative estimate of drug-likeness (QED) is 0.674. The van der Waals surface area contributed by atoms with Gasteiger partial charge in [-0.05, 0) is 6.92 Å². The zero-order valence-electron chi connectivity index (χ0n) is 9.86. The second kappa shape index (κ2) is 6.03. The minimum atomic E-state index is -0.781. The molecule has 0 bridgehead atoms. The van der Waals surface area contributed by atoms with Crippen molar-refractivity contribution >= 4 is 6.16 Å². The molecule has 94 valence electrons. The molecule has 0 amide bonds. The number of hydrogen-bond donors (Lipinski definition) is 0. The molecule has 6 nitrogen and oxygen atoms in total. The van der Waals surface area contributed by atoms with Gasteiger partial charge in [-0.25, -0.2) is 4.79 Å². The summed E-state index contributed by atoms with van der Waals surface area (Å²) in [6.45, 7) is 2.88. The highest BCUT2D eigenvalue weighted by molar-refractivity contribution is 5.60. The zero-order chi connectivity index (χ0) is 12.0. The highest BCUT2D eigenvalue weighted by Crippen LogP contribution is 2.21. The molecule has 0 aliphatic carbocycles. The van der Waals surface area contributed by atoms with Crippen LogP contribution in [0.5, 0.6) is 0 Å². The zero-order valence-corrected chi connectivity index (χ0v) is 9.86. The average Bonchev–Trinajstić information content (AvgIpc) is 2.28. The number of rotatable bonds is 4. The lowest BCUT2D eigenvalue weighted by Crippen LogP contribution is -2.48. The third-order valence-electron chi connectivity index (χ3n) is 2.20. The van der Waals surface area contributed by atoms with Crippen LogP contribution < -0.4 is 0 Å². The van der Waals surface area contributed by atoms with Gasteiger partial charge in [-0.2, -0.15) is 0 Å². The minimum absolute atomic E-state index is 0.288. The first-order chi connectivity index (χ1) is 7.59. The van der Waals surface area contributed by atoms with Crippen LogP contribution in [0.15, 0.2) is 0 Å². The molecule has 0 N–H and O–H groups in total. The predicted molar refractivity (Wildman–Crippen MR) is 54.1 cm³/mol. The van der Waals surface area contributed by atoms with Crippen molar-refractivity contribution in [3.05, 3.63) is 0 Å². The first kappa shape index (κ1) is 13.2. The van der Waals surface area contributed by atoms with E-state index in [1.807, 2.05) is 0 Å². The van der Waals surface area contributed by atoms with Crippen LogP contribution in [-0.2, 0) is 23.7 Å². The fourth-order valence-electron chi connectivity index (χ4n) is 1.31. The van der Waals surface area contributed by atoms with Gasteiger partial charge in [-0.3, -0.25) is 0 Å². The number of carbonyl (C=O) groups is 1. The summed E-state index contributed by atoms with van der Waals surface area (Å²) in [5.41, 5.74) is -0.781. The average molecular weight is 234 g/mol. The van der Waals surface area contributed by atoms with Crippen molar-refractivity contribution < 1.29 is 28.5 Å². The van der Waals surface area contributed by atoms with E-state index >= 15 is 0 Å². The summed E-state index contributed by atoms with van der Waals surface area (Å²) < 4.78 is 25.2. The molecule has 1 fully saturated rings. The Morgan fingerprint density at radius 2 is 2.00 bits per heavy atom. The first-order valence-electron chi connectivity index (χ1n) is 5.09. The standard InChI is InChI=1S/C10H18O6/c1-10(16-9(11)13-3)6-14-8(15-7-10)4-5-12-2/h8H,4-7H2,1-3H3. The van der Waals surface area contributed by atoms with Gasteiger partial charge in [0.1, 0.15) is 0 Å². The number of carbonyl (C=O) groups excluding carboxylic acids is 1. The van der Waals surface area contributed by atoms with Crippen LogP contribution in [0.25, 0.3) is 0 Å². The van der Waals surface area contributed by atoms with E-state index in [-0.39, 0.29) is 19.5 Å². The van der Waals surface area contributed by atoms with Gasteiger partial charge in [0, 0.05) is 13.5 Å². The molecule has 0 aromatic heterocycles. The Hall–Kier alpha value is -0.850. The van der Waals surface area contributed by atoms with Crippen molar-refractivity contribution in [1.82, 2.24) is 0 Å². The Bertz CT molecular complexity index is 221. The van der Waals surface area contributed by atoms with Crippen molar-refractivity contribution in [2.24, 2.45) is 0 Å². The topological polar surface area (TPSA) is 63.2 Å². The summed E-state index contributed by atoms with van der Waals surface area (Å²) in [5.74, 6) is 0. The number of hydrogen-bond acceptors (Lipinski definition) is 6. The lowest BCUT2D eigenvalue weighted by atomic mass is 10.1. The number of ether oxygens (including phenoxy) is 5. The molecular weight excluding hydrogens is 216 g/mol. The SMILES string of the molecule is COCCC1OCC(C)(OC(=O)OC)CO1. The van der Waals surface area contributed by atoms with E-state index in [4.69, 9.17) is 18.9 Å². The third-order valence-corrected chi connectivity index (χ3v) is 2.20. The maximum atomic E-state index is 11.0. The molecule has 16 heavy (non-hydrogen) atoms. The van der Waals surface area contributed by atoms with E-state index in [0.717, 1.165) is 0 Å². The molecule has 1 rings (SSSR count). The van der Waals surface area contributed by atoms with E-state index in [9.17, 15) is 4.79 Å². The molecule has 1 aliphatic rings. The number of methoxy groups -OCH3 is 2. The highest BCUT2D eigenvalue weighted by Gasteiger charge is 2.36. The monoisotopic (exact) mass is 234 g/mol. The Labute approximate surface area is 94.7 Å². The summed E-state index contributed by atoms with van der Waals surface area (Å²) >= 11 is 0. The van der Waals surface area contributed by atoms with Crippen molar-refractivity contribution in [2.45, 2.75) is 25.2 Å². The fourth-order valence-corrected chi connectivity index (χ4v) is 1.31. The van der Waals surface area contributed by atoms with Gasteiger partial charge in [0.2, 0.25) is 0 Å². The van der Waals surface area contributed by atoms with Crippen LogP contribution in [0.4, 0.5) is 4.79 Å². The van der Waals surface area contributed by atoms with Crippen LogP contribution in [0.2, 0.25) is 0 Å². The highest BCUT2D eigenvalue weighted by atomic mass is 16.8. The molecule has 0 aromatic rings. The van der Waals surface area contributed by atoms with Crippen molar-refractivity contribution in [3.8, 4) is 0 Å². The molecule has 0 saturated carbocycles. The molecule has 0 unspecified atom stereocenters. The Morgan fingerprint density at radius 3 is 2.50 bits per heavy atom. The van der Waals surface area contributed by atoms with Gasteiger partial charge < -0.3 is 23.7 Å². The van der Waals surface area contributed by atoms with Gasteiger partial charge in [0.15, 0.2) is 11.9 Å². The van der Waals surface area contributed by atoms with Crippen LogP contribution >= 0.6 is 0 Å². The summed E-state index contributed by atoms with van der Waals surface area (Å²) in [6.07, 6.45) is -0.371. The smallest absolute Gasteiger partial charge is 0.438 e. The largest absolute Gasteiger partial charge is 0.508 e. The summed E-state index contributed by atoms with van der Waals surface area (Å²) in [5, 5.41) is 0. The van der Waals surface area contributed by atoms with E-state index < -0.39 is 11.8 Å². The molecule has 1 saturated heterocycles. The van der Waals surface area contributed by atoms with Crippen LogP contribution in [0.3, 0.4) is 0 Å². The summed E-state index contributed by atoms with van der Waals surface area (Å²) in [4.78, 5) is 11.0. The molecule has 6 heteroatoms. The van der Waals surface area contributed by atoms with Gasteiger partial charge >= 0.3 is 6.16 Å². The molecular formula is C10H18O6. The van der Waals surface area contributed by atoms with Gasteiger partial charge in [0.25, 0.3) is 0 Å². The van der Waals surface area contributed by atoms with Gasteiger partial charge in [-0.15, -0.1) is 0 Å². The summed E-state index contributed by atoms with van der Waals surface area (Å²) in [7, 11) is 2.88.